The van der Waals surface area contributed by atoms with Crippen LogP contribution in [0.5, 0.6) is 0 Å². The molecule has 2 saturated carbocycles. The maximum Gasteiger partial charge on any atom is 0.331 e. The third-order valence-electron chi connectivity index (χ3n) is 9.73. The quantitative estimate of drug-likeness (QED) is 0.594. The Bertz CT molecular complexity index is 1080. The Labute approximate surface area is 192 Å². The molecule has 1 spiro atoms. The SMILES string of the molecule is CC1(C)OC2CC(=O)OCC23C1CC(=O)C1(C)C2=CC(=O)O[C@@H](c4ccoc4)[C@]2(C)CCC13. The summed E-state index contributed by atoms with van der Waals surface area (Å²) >= 11 is 0. The molecule has 0 aromatic carbocycles. The van der Waals surface area contributed by atoms with Crippen molar-refractivity contribution in [2.75, 3.05) is 6.61 Å². The molecular formula is C26H30O7. The molecule has 0 amide bonds. The van der Waals surface area contributed by atoms with Gasteiger partial charge in [0.25, 0.3) is 0 Å². The normalized spacial score (nSPS) is 45.7. The molecule has 5 aliphatic rings. The number of hydrogen-bond acceptors (Lipinski definition) is 7. The monoisotopic (exact) mass is 454 g/mol. The van der Waals surface area contributed by atoms with E-state index in [-0.39, 0.29) is 42.7 Å². The van der Waals surface area contributed by atoms with Crippen LogP contribution in [0.4, 0.5) is 0 Å². The molecule has 1 aromatic rings. The lowest BCUT2D eigenvalue weighted by Gasteiger charge is -2.63. The highest BCUT2D eigenvalue weighted by Crippen LogP contribution is 2.72. The molecule has 33 heavy (non-hydrogen) atoms. The van der Waals surface area contributed by atoms with Crippen molar-refractivity contribution >= 4 is 17.7 Å². The molecule has 2 aliphatic carbocycles. The Balaban J connectivity index is 1.52. The Morgan fingerprint density at radius 2 is 1.82 bits per heavy atom. The minimum absolute atomic E-state index is 0.0427. The average Bonchev–Trinajstić information content (AvgIpc) is 3.34. The molecule has 176 valence electrons. The molecule has 0 bridgehead atoms. The summed E-state index contributed by atoms with van der Waals surface area (Å²) in [6.45, 7) is 8.40. The lowest BCUT2D eigenvalue weighted by molar-refractivity contribution is -0.191. The molecule has 7 atom stereocenters. The van der Waals surface area contributed by atoms with Crippen molar-refractivity contribution in [1.82, 2.24) is 0 Å². The van der Waals surface area contributed by atoms with Gasteiger partial charge in [0.2, 0.25) is 0 Å². The molecule has 6 rings (SSSR count). The number of Topliss-reactive ketones (excluding diaryl/α,β-unsaturated/α-hetero) is 1. The van der Waals surface area contributed by atoms with Gasteiger partial charge in [0.15, 0.2) is 0 Å². The smallest absolute Gasteiger partial charge is 0.331 e. The molecule has 7 nitrogen and oxygen atoms in total. The van der Waals surface area contributed by atoms with Gasteiger partial charge in [-0.2, -0.15) is 0 Å². The van der Waals surface area contributed by atoms with Gasteiger partial charge in [0.05, 0.1) is 36.1 Å². The van der Waals surface area contributed by atoms with E-state index in [9.17, 15) is 14.4 Å². The third-order valence-corrected chi connectivity index (χ3v) is 9.73. The van der Waals surface area contributed by atoms with E-state index in [4.69, 9.17) is 18.6 Å². The van der Waals surface area contributed by atoms with Gasteiger partial charge >= 0.3 is 11.9 Å². The Kier molecular flexibility index (Phi) is 4.09. The Morgan fingerprint density at radius 1 is 1.03 bits per heavy atom. The van der Waals surface area contributed by atoms with Gasteiger partial charge in [-0.05, 0) is 51.2 Å². The number of hydrogen-bond donors (Lipinski definition) is 0. The van der Waals surface area contributed by atoms with Crippen LogP contribution in [0.15, 0.2) is 34.7 Å². The van der Waals surface area contributed by atoms with Crippen LogP contribution in [-0.4, -0.2) is 36.0 Å². The van der Waals surface area contributed by atoms with Crippen LogP contribution >= 0.6 is 0 Å². The second kappa shape index (κ2) is 6.38. The molecule has 0 radical (unpaired) electrons. The zero-order valence-corrected chi connectivity index (χ0v) is 19.5. The highest BCUT2D eigenvalue weighted by atomic mass is 16.6. The van der Waals surface area contributed by atoms with E-state index in [0.29, 0.717) is 6.42 Å². The van der Waals surface area contributed by atoms with E-state index in [0.717, 1.165) is 24.0 Å². The van der Waals surface area contributed by atoms with Gasteiger partial charge < -0.3 is 18.6 Å². The summed E-state index contributed by atoms with van der Waals surface area (Å²) in [4.78, 5) is 39.1. The van der Waals surface area contributed by atoms with Crippen molar-refractivity contribution in [1.29, 1.82) is 0 Å². The lowest BCUT2D eigenvalue weighted by atomic mass is 9.39. The van der Waals surface area contributed by atoms with Crippen LogP contribution in [0.25, 0.3) is 0 Å². The van der Waals surface area contributed by atoms with Gasteiger partial charge in [0.1, 0.15) is 18.5 Å². The molecule has 4 heterocycles. The van der Waals surface area contributed by atoms with E-state index < -0.39 is 33.9 Å². The van der Waals surface area contributed by atoms with Crippen LogP contribution in [0.1, 0.15) is 65.0 Å². The molecule has 7 heteroatoms. The largest absolute Gasteiger partial charge is 0.472 e. The van der Waals surface area contributed by atoms with Crippen molar-refractivity contribution in [3.63, 3.8) is 0 Å². The van der Waals surface area contributed by atoms with Gasteiger partial charge in [-0.25, -0.2) is 4.79 Å². The van der Waals surface area contributed by atoms with Crippen molar-refractivity contribution in [2.24, 2.45) is 28.1 Å². The molecule has 4 fully saturated rings. The summed E-state index contributed by atoms with van der Waals surface area (Å²) in [5.41, 5.74) is -0.738. The number of fused-ring (bicyclic) bond motifs is 3. The first-order chi connectivity index (χ1) is 15.5. The van der Waals surface area contributed by atoms with Gasteiger partial charge in [-0.15, -0.1) is 0 Å². The molecular weight excluding hydrogens is 424 g/mol. The minimum atomic E-state index is -0.864. The first kappa shape index (κ1) is 21.1. The number of carbonyl (C=O) groups excluding carboxylic acids is 3. The second-order valence-corrected chi connectivity index (χ2v) is 11.5. The molecule has 5 unspecified atom stereocenters. The summed E-state index contributed by atoms with van der Waals surface area (Å²) < 4.78 is 23.3. The summed E-state index contributed by atoms with van der Waals surface area (Å²) in [5.74, 6) is -0.681. The standard InChI is InChI=1S/C26H30O7/c1-23(2)16-9-18(27)25(4)15(26(16)13-31-20(28)11-19(26)33-23)5-7-24(3)17(25)10-21(29)32-22(24)14-6-8-30-12-14/h6,8,10,12,15-16,19,22H,5,7,9,11,13H2,1-4H3/t15?,16?,19?,22-,24+,25?,26?/m0/s1. The summed E-state index contributed by atoms with van der Waals surface area (Å²) in [6, 6.07) is 1.82. The zero-order chi connectivity index (χ0) is 23.4. The predicted molar refractivity (Wildman–Crippen MR) is 115 cm³/mol. The first-order valence-corrected chi connectivity index (χ1v) is 11.9. The number of esters is 2. The van der Waals surface area contributed by atoms with Gasteiger partial charge in [-0.1, -0.05) is 6.92 Å². The van der Waals surface area contributed by atoms with Crippen LogP contribution < -0.4 is 0 Å². The Hall–Kier alpha value is -2.41. The summed E-state index contributed by atoms with van der Waals surface area (Å²) in [7, 11) is 0. The molecule has 3 aliphatic heterocycles. The number of ether oxygens (including phenoxy) is 3. The number of ketones is 1. The predicted octanol–water partition coefficient (Wildman–Crippen LogP) is 3.93. The minimum Gasteiger partial charge on any atom is -0.472 e. The van der Waals surface area contributed by atoms with E-state index in [1.54, 1.807) is 18.6 Å². The van der Waals surface area contributed by atoms with E-state index in [2.05, 4.69) is 6.92 Å². The van der Waals surface area contributed by atoms with E-state index in [1.165, 1.54) is 0 Å². The van der Waals surface area contributed by atoms with Crippen molar-refractivity contribution in [3.8, 4) is 0 Å². The number of cyclic esters (lactones) is 2. The Morgan fingerprint density at radius 3 is 2.55 bits per heavy atom. The highest BCUT2D eigenvalue weighted by molar-refractivity contribution is 5.94. The third kappa shape index (κ3) is 2.47. The van der Waals surface area contributed by atoms with E-state index in [1.807, 2.05) is 26.8 Å². The van der Waals surface area contributed by atoms with Crippen molar-refractivity contribution in [2.45, 2.75) is 71.2 Å². The number of furan rings is 1. The molecule has 1 aromatic heterocycles. The highest BCUT2D eigenvalue weighted by Gasteiger charge is 2.75. The molecule has 0 N–H and O–H groups in total. The van der Waals surface area contributed by atoms with E-state index >= 15 is 0 Å². The lowest BCUT2D eigenvalue weighted by Crippen LogP contribution is -2.66. The van der Waals surface area contributed by atoms with Crippen molar-refractivity contribution < 1.29 is 33.0 Å². The fraction of sp³-hybridized carbons (Fsp3) is 0.654. The molecule has 2 saturated heterocycles. The maximum absolute atomic E-state index is 14.0. The second-order valence-electron chi connectivity index (χ2n) is 11.5. The fourth-order valence-corrected chi connectivity index (χ4v) is 8.32. The van der Waals surface area contributed by atoms with Crippen LogP contribution in [0, 0.1) is 28.1 Å². The van der Waals surface area contributed by atoms with Crippen LogP contribution in [0.2, 0.25) is 0 Å². The first-order valence-electron chi connectivity index (χ1n) is 11.9. The van der Waals surface area contributed by atoms with Crippen LogP contribution in [-0.2, 0) is 28.6 Å². The zero-order valence-electron chi connectivity index (χ0n) is 19.5. The summed E-state index contributed by atoms with van der Waals surface area (Å²) in [6.07, 6.45) is 5.99. The fourth-order valence-electron chi connectivity index (χ4n) is 8.32. The number of carbonyl (C=O) groups is 3. The topological polar surface area (TPSA) is 92.0 Å². The maximum atomic E-state index is 14.0. The average molecular weight is 455 g/mol. The van der Waals surface area contributed by atoms with Gasteiger partial charge in [0, 0.05) is 34.8 Å². The van der Waals surface area contributed by atoms with Gasteiger partial charge in [-0.3, -0.25) is 9.59 Å². The number of rotatable bonds is 1. The summed E-state index contributed by atoms with van der Waals surface area (Å²) in [5, 5.41) is 0. The van der Waals surface area contributed by atoms with Crippen LogP contribution in [0.3, 0.4) is 0 Å². The van der Waals surface area contributed by atoms with Crippen molar-refractivity contribution in [3.05, 3.63) is 35.8 Å².